The molecule has 2 aromatic carbocycles. The first kappa shape index (κ1) is 23.2. The highest BCUT2D eigenvalue weighted by Gasteiger charge is 2.23. The molecule has 0 radical (unpaired) electrons. The number of fused-ring (bicyclic) bond motifs is 1. The Kier molecular flexibility index (Phi) is 6.78. The Balaban J connectivity index is 1.63. The zero-order chi connectivity index (χ0) is 24.2. The van der Waals surface area contributed by atoms with Gasteiger partial charge in [0.25, 0.3) is 5.56 Å². The van der Waals surface area contributed by atoms with E-state index in [0.29, 0.717) is 10.9 Å². The molecule has 3 N–H and O–H groups in total. The zero-order valence-electron chi connectivity index (χ0n) is 18.8. The van der Waals surface area contributed by atoms with Gasteiger partial charge in [-0.15, -0.1) is 0 Å². The van der Waals surface area contributed by atoms with Gasteiger partial charge in [0.2, 0.25) is 5.91 Å². The van der Waals surface area contributed by atoms with Crippen LogP contribution in [-0.2, 0) is 11.3 Å². The second-order valence-electron chi connectivity index (χ2n) is 7.58. The zero-order valence-corrected chi connectivity index (χ0v) is 19.6. The molecule has 2 heterocycles. The Hall–Kier alpha value is -3.92. The topological polar surface area (TPSA) is 127 Å². The highest BCUT2D eigenvalue weighted by molar-refractivity contribution is 8.00. The summed E-state index contributed by atoms with van der Waals surface area (Å²) in [6.07, 6.45) is 0. The number of hydrogen-bond donors (Lipinski definition) is 2. The summed E-state index contributed by atoms with van der Waals surface area (Å²) in [5, 5.41) is 1.53. The van der Waals surface area contributed by atoms with Crippen molar-refractivity contribution in [1.29, 1.82) is 0 Å². The van der Waals surface area contributed by atoms with E-state index in [1.807, 2.05) is 54.6 Å². The predicted octanol–water partition coefficient (Wildman–Crippen LogP) is 2.56. The molecule has 2 aromatic heterocycles. The van der Waals surface area contributed by atoms with Gasteiger partial charge < -0.3 is 10.6 Å². The third-order valence-corrected chi connectivity index (χ3v) is 6.27. The van der Waals surface area contributed by atoms with Crippen molar-refractivity contribution in [3.05, 3.63) is 86.8 Å². The average molecular weight is 477 g/mol. The molecule has 4 aromatic rings. The monoisotopic (exact) mass is 476 g/mol. The van der Waals surface area contributed by atoms with Crippen molar-refractivity contribution in [2.45, 2.75) is 25.4 Å². The minimum atomic E-state index is -0.699. The number of hydrogen-bond acceptors (Lipinski definition) is 7. The second kappa shape index (κ2) is 9.92. The number of rotatable bonds is 7. The van der Waals surface area contributed by atoms with Gasteiger partial charge in [0.1, 0.15) is 16.7 Å². The lowest BCUT2D eigenvalue weighted by atomic mass is 10.2. The molecular weight excluding hydrogens is 452 g/mol. The number of aromatic amines is 1. The second-order valence-corrected chi connectivity index (χ2v) is 8.55. The van der Waals surface area contributed by atoms with E-state index in [1.165, 1.54) is 21.2 Å². The molecule has 0 spiro atoms. The Morgan fingerprint density at radius 2 is 1.79 bits per heavy atom. The molecule has 0 saturated carbocycles. The van der Waals surface area contributed by atoms with Gasteiger partial charge in [-0.3, -0.25) is 19.1 Å². The third-order valence-electron chi connectivity index (χ3n) is 5.30. The number of carbonyl (C=O) groups excluding carboxylic acids is 1. The van der Waals surface area contributed by atoms with Gasteiger partial charge in [-0.1, -0.05) is 60.3 Å². The van der Waals surface area contributed by atoms with Crippen molar-refractivity contribution >= 4 is 40.1 Å². The maximum Gasteiger partial charge on any atom is 0.330 e. The number of aromatic nitrogens is 4. The van der Waals surface area contributed by atoms with Gasteiger partial charge in [0.15, 0.2) is 5.69 Å². The van der Waals surface area contributed by atoms with Crippen molar-refractivity contribution in [2.24, 2.45) is 0 Å². The number of nitrogens with zero attached hydrogens (tertiary/aromatic N) is 4. The molecular formula is C24H24N6O3S. The minimum absolute atomic E-state index is 0.0327. The standard InChI is InChI=1S/C24H24N6O3S/c1-3-29(19(31)14-34-23-17-11-7-8-12-18(17)26-15(2)27-23)20-21(25)30(24(33)28-22(20)32)13-16-9-5-4-6-10-16/h4-12H,3,13-14,25H2,1-2H3,(H,28,32,33). The average Bonchev–Trinajstić information content (AvgIpc) is 2.83. The number of anilines is 2. The van der Waals surface area contributed by atoms with E-state index in [0.717, 1.165) is 16.5 Å². The Bertz CT molecular complexity index is 1470. The first-order valence-corrected chi connectivity index (χ1v) is 11.7. The van der Waals surface area contributed by atoms with Crippen LogP contribution in [-0.4, -0.2) is 37.7 Å². The first-order chi connectivity index (χ1) is 16.4. The number of amides is 1. The smallest absolute Gasteiger partial charge is 0.330 e. The van der Waals surface area contributed by atoms with Crippen LogP contribution in [0.5, 0.6) is 0 Å². The number of nitrogen functional groups attached to an aromatic ring is 1. The van der Waals surface area contributed by atoms with Crippen LogP contribution >= 0.6 is 11.8 Å². The van der Waals surface area contributed by atoms with Crippen LogP contribution in [0.4, 0.5) is 11.5 Å². The maximum atomic E-state index is 13.2. The highest BCUT2D eigenvalue weighted by Crippen LogP contribution is 2.26. The molecule has 174 valence electrons. The summed E-state index contributed by atoms with van der Waals surface area (Å²) in [6.45, 7) is 3.92. The van der Waals surface area contributed by atoms with E-state index in [1.54, 1.807) is 13.8 Å². The summed E-state index contributed by atoms with van der Waals surface area (Å²) < 4.78 is 1.26. The van der Waals surface area contributed by atoms with E-state index in [4.69, 9.17) is 5.73 Å². The molecule has 34 heavy (non-hydrogen) atoms. The van der Waals surface area contributed by atoms with Crippen molar-refractivity contribution in [3.63, 3.8) is 0 Å². The number of thioether (sulfide) groups is 1. The fourth-order valence-electron chi connectivity index (χ4n) is 3.70. The normalized spacial score (nSPS) is 11.0. The van der Waals surface area contributed by atoms with Crippen LogP contribution in [0.2, 0.25) is 0 Å². The van der Waals surface area contributed by atoms with Crippen LogP contribution in [0, 0.1) is 6.92 Å². The lowest BCUT2D eigenvalue weighted by Gasteiger charge is -2.23. The summed E-state index contributed by atoms with van der Waals surface area (Å²) >= 11 is 1.27. The van der Waals surface area contributed by atoms with E-state index in [9.17, 15) is 14.4 Å². The molecule has 0 aliphatic carbocycles. The van der Waals surface area contributed by atoms with Crippen molar-refractivity contribution in [2.75, 3.05) is 22.9 Å². The molecule has 1 amide bonds. The minimum Gasteiger partial charge on any atom is -0.383 e. The van der Waals surface area contributed by atoms with Crippen LogP contribution in [0.1, 0.15) is 18.3 Å². The summed E-state index contributed by atoms with van der Waals surface area (Å²) in [7, 11) is 0. The molecule has 10 heteroatoms. The molecule has 0 saturated heterocycles. The number of benzene rings is 2. The van der Waals surface area contributed by atoms with Gasteiger partial charge in [-0.2, -0.15) is 0 Å². The summed E-state index contributed by atoms with van der Waals surface area (Å²) in [5.41, 5.74) is 6.54. The van der Waals surface area contributed by atoms with Gasteiger partial charge in [-0.25, -0.2) is 14.8 Å². The molecule has 0 bridgehead atoms. The van der Waals surface area contributed by atoms with Gasteiger partial charge in [-0.05, 0) is 25.5 Å². The summed E-state index contributed by atoms with van der Waals surface area (Å²) in [4.78, 5) is 50.9. The molecule has 4 rings (SSSR count). The van der Waals surface area contributed by atoms with E-state index < -0.39 is 11.2 Å². The van der Waals surface area contributed by atoms with Crippen LogP contribution in [0.3, 0.4) is 0 Å². The summed E-state index contributed by atoms with van der Waals surface area (Å²) in [5.74, 6) is 0.260. The number of nitrogens with one attached hydrogen (secondary N) is 1. The molecule has 0 atom stereocenters. The lowest BCUT2D eigenvalue weighted by molar-refractivity contribution is -0.116. The number of carbonyl (C=O) groups is 1. The SMILES string of the molecule is CCN(C(=O)CSc1nc(C)nc2ccccc12)c1c(N)n(Cc2ccccc2)c(=O)[nH]c1=O. The number of aryl methyl sites for hydroxylation is 1. The molecule has 0 aliphatic heterocycles. The van der Waals surface area contributed by atoms with Crippen LogP contribution in [0.15, 0.2) is 69.2 Å². The van der Waals surface area contributed by atoms with Gasteiger partial charge in [0, 0.05) is 11.9 Å². The predicted molar refractivity (Wildman–Crippen MR) is 134 cm³/mol. The Labute approximate surface area is 199 Å². The summed E-state index contributed by atoms with van der Waals surface area (Å²) in [6, 6.07) is 16.8. The molecule has 0 unspecified atom stereocenters. The molecule has 9 nitrogen and oxygen atoms in total. The first-order valence-electron chi connectivity index (χ1n) is 10.7. The third kappa shape index (κ3) is 4.72. The fourth-order valence-corrected chi connectivity index (χ4v) is 4.64. The van der Waals surface area contributed by atoms with Crippen LogP contribution < -0.4 is 21.9 Å². The van der Waals surface area contributed by atoms with Crippen molar-refractivity contribution in [3.8, 4) is 0 Å². The van der Waals surface area contributed by atoms with Gasteiger partial charge >= 0.3 is 5.69 Å². The molecule has 0 fully saturated rings. The number of nitrogens with two attached hydrogens (primary N) is 1. The van der Waals surface area contributed by atoms with Crippen molar-refractivity contribution in [1.82, 2.24) is 19.5 Å². The largest absolute Gasteiger partial charge is 0.383 e. The quantitative estimate of drug-likeness (QED) is 0.310. The number of H-pyrrole nitrogens is 1. The van der Waals surface area contributed by atoms with Crippen LogP contribution in [0.25, 0.3) is 10.9 Å². The lowest BCUT2D eigenvalue weighted by Crippen LogP contribution is -2.41. The van der Waals surface area contributed by atoms with E-state index in [-0.39, 0.29) is 36.3 Å². The Morgan fingerprint density at radius 1 is 1.09 bits per heavy atom. The van der Waals surface area contributed by atoms with Gasteiger partial charge in [0.05, 0.1) is 17.8 Å². The van der Waals surface area contributed by atoms with E-state index >= 15 is 0 Å². The Morgan fingerprint density at radius 3 is 2.53 bits per heavy atom. The number of para-hydroxylation sites is 1. The van der Waals surface area contributed by atoms with Crippen molar-refractivity contribution < 1.29 is 4.79 Å². The highest BCUT2D eigenvalue weighted by atomic mass is 32.2. The fraction of sp³-hybridized carbons (Fsp3) is 0.208. The van der Waals surface area contributed by atoms with E-state index in [2.05, 4.69) is 15.0 Å². The maximum absolute atomic E-state index is 13.2. The molecule has 0 aliphatic rings.